The second-order valence-corrected chi connectivity index (χ2v) is 11.9. The van der Waals surface area contributed by atoms with E-state index in [4.69, 9.17) is 0 Å². The first-order chi connectivity index (χ1) is 18.4. The summed E-state index contributed by atoms with van der Waals surface area (Å²) >= 11 is 0. The van der Waals surface area contributed by atoms with Crippen LogP contribution >= 0.6 is 0 Å². The molecule has 0 aromatic heterocycles. The number of hydrogen-bond acceptors (Lipinski definition) is 4. The fourth-order valence-corrected chi connectivity index (χ4v) is 5.61. The fourth-order valence-electron chi connectivity index (χ4n) is 5.61. The van der Waals surface area contributed by atoms with Gasteiger partial charge in [0.15, 0.2) is 0 Å². The van der Waals surface area contributed by atoms with Crippen LogP contribution in [-0.4, -0.2) is 48.3 Å². The van der Waals surface area contributed by atoms with Crippen LogP contribution in [-0.2, 0) is 22.2 Å². The third-order valence-electron chi connectivity index (χ3n) is 7.90. The molecule has 5 N–H and O–H groups in total. The van der Waals surface area contributed by atoms with E-state index in [-0.39, 0.29) is 30.5 Å². The highest BCUT2D eigenvalue weighted by Gasteiger charge is 2.36. The molecular weight excluding hydrogens is 502 g/mol. The van der Waals surface area contributed by atoms with Crippen molar-refractivity contribution < 1.29 is 23.5 Å². The second-order valence-electron chi connectivity index (χ2n) is 11.9. The number of rotatable bonds is 9. The lowest BCUT2D eigenvalue weighted by molar-refractivity contribution is -0.124. The van der Waals surface area contributed by atoms with Crippen molar-refractivity contribution in [3.63, 3.8) is 0 Å². The smallest absolute Gasteiger partial charge is 0.315 e. The number of urea groups is 1. The molecule has 1 aliphatic heterocycles. The highest BCUT2D eigenvalue weighted by Crippen LogP contribution is 2.38. The van der Waals surface area contributed by atoms with E-state index in [1.807, 2.05) is 0 Å². The van der Waals surface area contributed by atoms with Gasteiger partial charge in [0.25, 0.3) is 0 Å². The van der Waals surface area contributed by atoms with Gasteiger partial charge in [-0.2, -0.15) is 0 Å². The van der Waals surface area contributed by atoms with E-state index in [0.717, 1.165) is 38.2 Å². The first-order valence-corrected chi connectivity index (χ1v) is 13.8. The minimum absolute atomic E-state index is 0.00843. The Morgan fingerprint density at radius 2 is 1.79 bits per heavy atom. The molecule has 2 aromatic rings. The van der Waals surface area contributed by atoms with Crippen molar-refractivity contribution in [3.05, 3.63) is 70.8 Å². The summed E-state index contributed by atoms with van der Waals surface area (Å²) in [5, 5.41) is 22.9. The minimum Gasteiger partial charge on any atom is -0.390 e. The second kappa shape index (κ2) is 12.0. The molecule has 2 aromatic carbocycles. The summed E-state index contributed by atoms with van der Waals surface area (Å²) in [6, 6.07) is 9.68. The zero-order valence-electron chi connectivity index (χ0n) is 22.9. The Morgan fingerprint density at radius 1 is 1.10 bits per heavy atom. The predicted molar refractivity (Wildman–Crippen MR) is 146 cm³/mol. The predicted octanol–water partition coefficient (Wildman–Crippen LogP) is 3.78. The third kappa shape index (κ3) is 7.33. The normalized spacial score (nSPS) is 20.6. The van der Waals surface area contributed by atoms with E-state index in [2.05, 4.69) is 66.3 Å². The number of halogens is 2. The maximum Gasteiger partial charge on any atom is 0.315 e. The van der Waals surface area contributed by atoms with Gasteiger partial charge in [-0.25, -0.2) is 13.6 Å². The molecule has 0 radical (unpaired) electrons. The van der Waals surface area contributed by atoms with Gasteiger partial charge in [0, 0.05) is 24.7 Å². The van der Waals surface area contributed by atoms with Gasteiger partial charge in [-0.05, 0) is 53.5 Å². The Morgan fingerprint density at radius 3 is 2.41 bits per heavy atom. The first-order valence-electron chi connectivity index (χ1n) is 13.8. The number of benzene rings is 2. The molecule has 39 heavy (non-hydrogen) atoms. The molecule has 212 valence electrons. The number of carbonyl (C=O) groups is 2. The average molecular weight is 543 g/mol. The van der Waals surface area contributed by atoms with E-state index >= 15 is 0 Å². The molecule has 3 atom stereocenters. The van der Waals surface area contributed by atoms with Gasteiger partial charge >= 0.3 is 6.03 Å². The lowest BCUT2D eigenvalue weighted by Crippen LogP contribution is -2.56. The fraction of sp³-hybridized carbons (Fsp3) is 0.533. The van der Waals surface area contributed by atoms with Crippen LogP contribution in [0, 0.1) is 11.6 Å². The summed E-state index contributed by atoms with van der Waals surface area (Å²) in [5.74, 6) is -1.93. The lowest BCUT2D eigenvalue weighted by atomic mass is 9.74. The number of aliphatic hydroxyl groups is 1. The van der Waals surface area contributed by atoms with Crippen molar-refractivity contribution in [2.75, 3.05) is 13.1 Å². The average Bonchev–Trinajstić information content (AvgIpc) is 3.33. The summed E-state index contributed by atoms with van der Waals surface area (Å²) in [6.45, 7) is 6.83. The van der Waals surface area contributed by atoms with Crippen molar-refractivity contribution in [2.24, 2.45) is 0 Å². The highest BCUT2D eigenvalue weighted by molar-refractivity contribution is 5.90. The maximum atomic E-state index is 13.9. The highest BCUT2D eigenvalue weighted by atomic mass is 19.1. The molecule has 1 aliphatic carbocycles. The largest absolute Gasteiger partial charge is 0.390 e. The van der Waals surface area contributed by atoms with E-state index in [1.54, 1.807) is 0 Å². The van der Waals surface area contributed by atoms with Crippen LogP contribution in [0.2, 0.25) is 0 Å². The number of amides is 3. The Labute approximate surface area is 229 Å². The zero-order chi connectivity index (χ0) is 28.2. The summed E-state index contributed by atoms with van der Waals surface area (Å²) in [7, 11) is 0. The van der Waals surface area contributed by atoms with Crippen LogP contribution in [0.1, 0.15) is 69.6 Å². The summed E-state index contributed by atoms with van der Waals surface area (Å²) in [4.78, 5) is 24.4. The number of hydrogen-bond donors (Lipinski definition) is 5. The molecule has 0 spiro atoms. The third-order valence-corrected chi connectivity index (χ3v) is 7.90. The Kier molecular flexibility index (Phi) is 8.91. The molecule has 3 unspecified atom stereocenters. The van der Waals surface area contributed by atoms with Crippen molar-refractivity contribution in [3.8, 4) is 0 Å². The van der Waals surface area contributed by atoms with E-state index < -0.39 is 41.8 Å². The van der Waals surface area contributed by atoms with Gasteiger partial charge < -0.3 is 26.4 Å². The van der Waals surface area contributed by atoms with Crippen LogP contribution in [0.3, 0.4) is 0 Å². The van der Waals surface area contributed by atoms with Gasteiger partial charge in [0.1, 0.15) is 17.7 Å². The topological polar surface area (TPSA) is 102 Å². The maximum absolute atomic E-state index is 13.9. The number of carbonyl (C=O) groups excluding carboxylic acids is 2. The molecule has 9 heteroatoms. The molecule has 1 heterocycles. The molecule has 4 rings (SSSR count). The molecular formula is C30H40F2N4O3. The molecule has 1 saturated heterocycles. The lowest BCUT2D eigenvalue weighted by Gasteiger charge is -2.41. The van der Waals surface area contributed by atoms with Gasteiger partial charge in [-0.3, -0.25) is 4.79 Å². The standard InChI is InChI=1S/C30H40F2N4O3/c1-29(2,3)20-8-7-9-21(15-20)30(10-5-4-6-11-30)34-18-26(37)24(14-19-12-22(31)16-23(32)13-19)35-27(38)25-17-33-28(39)36-25/h7-9,12-13,15-16,24-26,34,37H,4-6,10-11,14,17-18H2,1-3H3,(H,35,38)(H2,33,36,39). The summed E-state index contributed by atoms with van der Waals surface area (Å²) in [5.41, 5.74) is 2.39. The van der Waals surface area contributed by atoms with Gasteiger partial charge in [0.2, 0.25) is 5.91 Å². The molecule has 7 nitrogen and oxygen atoms in total. The van der Waals surface area contributed by atoms with Crippen LogP contribution < -0.4 is 21.3 Å². The molecule has 0 bridgehead atoms. The Hall–Kier alpha value is -3.04. The Balaban J connectivity index is 1.55. The zero-order valence-corrected chi connectivity index (χ0v) is 22.9. The van der Waals surface area contributed by atoms with Crippen LogP contribution in [0.5, 0.6) is 0 Å². The minimum atomic E-state index is -1.06. The van der Waals surface area contributed by atoms with Crippen molar-refractivity contribution >= 4 is 11.9 Å². The van der Waals surface area contributed by atoms with Crippen LogP contribution in [0.25, 0.3) is 0 Å². The monoisotopic (exact) mass is 542 g/mol. The van der Waals surface area contributed by atoms with E-state index in [9.17, 15) is 23.5 Å². The van der Waals surface area contributed by atoms with Gasteiger partial charge in [-0.1, -0.05) is 64.3 Å². The molecule has 1 saturated carbocycles. The number of nitrogens with one attached hydrogen (secondary N) is 4. The van der Waals surface area contributed by atoms with Crippen molar-refractivity contribution in [2.45, 2.75) is 88.4 Å². The molecule has 3 amide bonds. The van der Waals surface area contributed by atoms with Gasteiger partial charge in [0.05, 0.1) is 12.1 Å². The van der Waals surface area contributed by atoms with Crippen molar-refractivity contribution in [1.82, 2.24) is 21.3 Å². The summed E-state index contributed by atoms with van der Waals surface area (Å²) < 4.78 is 27.8. The SMILES string of the molecule is CC(C)(C)c1cccc(C2(NCC(O)C(Cc3cc(F)cc(F)c3)NC(=O)C3CNC(=O)N3)CCCCC2)c1. The van der Waals surface area contributed by atoms with Crippen LogP contribution in [0.15, 0.2) is 42.5 Å². The quantitative estimate of drug-likeness (QED) is 0.333. The van der Waals surface area contributed by atoms with Crippen LogP contribution in [0.4, 0.5) is 13.6 Å². The molecule has 2 fully saturated rings. The van der Waals surface area contributed by atoms with Crippen molar-refractivity contribution in [1.29, 1.82) is 0 Å². The summed E-state index contributed by atoms with van der Waals surface area (Å²) in [6.07, 6.45) is 4.05. The van der Waals surface area contributed by atoms with E-state index in [0.29, 0.717) is 5.56 Å². The number of aliphatic hydroxyl groups excluding tert-OH is 1. The first kappa shape index (κ1) is 29.0. The molecule has 2 aliphatic rings. The van der Waals surface area contributed by atoms with E-state index in [1.165, 1.54) is 23.3 Å². The Bertz CT molecular complexity index is 1160. The van der Waals surface area contributed by atoms with Gasteiger partial charge in [-0.15, -0.1) is 0 Å².